The van der Waals surface area contributed by atoms with E-state index in [1.165, 1.54) is 37.1 Å². The van der Waals surface area contributed by atoms with Crippen LogP contribution in [0.2, 0.25) is 0 Å². The first-order valence-corrected chi connectivity index (χ1v) is 8.41. The van der Waals surface area contributed by atoms with E-state index >= 15 is 0 Å². The van der Waals surface area contributed by atoms with Crippen LogP contribution in [0.15, 0.2) is 60.7 Å². The molecule has 1 fully saturated rings. The summed E-state index contributed by atoms with van der Waals surface area (Å²) < 4.78 is 0. The van der Waals surface area contributed by atoms with E-state index in [0.29, 0.717) is 12.1 Å². The van der Waals surface area contributed by atoms with Gasteiger partial charge in [0.1, 0.15) is 0 Å². The Morgan fingerprint density at radius 2 is 1.41 bits per heavy atom. The molecule has 3 rings (SSSR count). The van der Waals surface area contributed by atoms with E-state index in [1.807, 2.05) is 0 Å². The SMILES string of the molecule is C[C@@H](N[C@H](CN1CCCC1)c1ccccc1)c1ccccc1. The topological polar surface area (TPSA) is 15.3 Å². The average molecular weight is 294 g/mol. The number of likely N-dealkylation sites (tertiary alicyclic amines) is 1. The van der Waals surface area contributed by atoms with Crippen LogP contribution in [-0.2, 0) is 0 Å². The van der Waals surface area contributed by atoms with Gasteiger partial charge in [0.05, 0.1) is 0 Å². The molecule has 2 nitrogen and oxygen atoms in total. The lowest BCUT2D eigenvalue weighted by molar-refractivity contribution is 0.282. The van der Waals surface area contributed by atoms with Crippen LogP contribution in [-0.4, -0.2) is 24.5 Å². The highest BCUT2D eigenvalue weighted by atomic mass is 15.2. The Balaban J connectivity index is 1.73. The quantitative estimate of drug-likeness (QED) is 0.860. The average Bonchev–Trinajstić information content (AvgIpc) is 3.09. The summed E-state index contributed by atoms with van der Waals surface area (Å²) in [5, 5.41) is 3.83. The Morgan fingerprint density at radius 1 is 0.864 bits per heavy atom. The van der Waals surface area contributed by atoms with E-state index in [4.69, 9.17) is 0 Å². The van der Waals surface area contributed by atoms with Crippen molar-refractivity contribution in [3.8, 4) is 0 Å². The molecule has 0 saturated carbocycles. The molecule has 2 heteroatoms. The highest BCUT2D eigenvalue weighted by molar-refractivity contribution is 5.22. The molecular formula is C20H26N2. The van der Waals surface area contributed by atoms with Gasteiger partial charge in [-0.1, -0.05) is 60.7 Å². The minimum absolute atomic E-state index is 0.356. The van der Waals surface area contributed by atoms with Gasteiger partial charge < -0.3 is 10.2 Å². The Morgan fingerprint density at radius 3 is 2.00 bits per heavy atom. The zero-order chi connectivity index (χ0) is 15.2. The number of nitrogens with one attached hydrogen (secondary N) is 1. The fourth-order valence-corrected chi connectivity index (χ4v) is 3.30. The Hall–Kier alpha value is -1.64. The third kappa shape index (κ3) is 3.96. The second kappa shape index (κ2) is 7.57. The fourth-order valence-electron chi connectivity index (χ4n) is 3.30. The van der Waals surface area contributed by atoms with Crippen LogP contribution >= 0.6 is 0 Å². The first-order valence-electron chi connectivity index (χ1n) is 8.41. The predicted molar refractivity (Wildman–Crippen MR) is 92.8 cm³/mol. The van der Waals surface area contributed by atoms with Crippen molar-refractivity contribution in [2.45, 2.75) is 31.8 Å². The summed E-state index contributed by atoms with van der Waals surface area (Å²) in [4.78, 5) is 2.59. The molecule has 0 aliphatic carbocycles. The molecule has 1 N–H and O–H groups in total. The summed E-state index contributed by atoms with van der Waals surface area (Å²) in [5.41, 5.74) is 2.74. The van der Waals surface area contributed by atoms with Crippen molar-refractivity contribution in [2.75, 3.05) is 19.6 Å². The van der Waals surface area contributed by atoms with Crippen molar-refractivity contribution in [3.63, 3.8) is 0 Å². The van der Waals surface area contributed by atoms with Crippen molar-refractivity contribution < 1.29 is 0 Å². The third-order valence-electron chi connectivity index (χ3n) is 4.59. The van der Waals surface area contributed by atoms with Gasteiger partial charge >= 0.3 is 0 Å². The monoisotopic (exact) mass is 294 g/mol. The molecule has 0 aromatic heterocycles. The van der Waals surface area contributed by atoms with Gasteiger partial charge in [0.25, 0.3) is 0 Å². The number of hydrogen-bond donors (Lipinski definition) is 1. The molecule has 0 radical (unpaired) electrons. The highest BCUT2D eigenvalue weighted by Gasteiger charge is 2.20. The molecule has 2 aromatic carbocycles. The summed E-state index contributed by atoms with van der Waals surface area (Å²) in [6, 6.07) is 22.3. The molecule has 2 aromatic rings. The Kier molecular flexibility index (Phi) is 5.25. The summed E-state index contributed by atoms with van der Waals surface area (Å²) in [7, 11) is 0. The summed E-state index contributed by atoms with van der Waals surface area (Å²) >= 11 is 0. The zero-order valence-corrected chi connectivity index (χ0v) is 13.4. The summed E-state index contributed by atoms with van der Waals surface area (Å²) in [6.45, 7) is 5.84. The molecule has 1 saturated heterocycles. The van der Waals surface area contributed by atoms with Crippen molar-refractivity contribution in [3.05, 3.63) is 71.8 Å². The maximum Gasteiger partial charge on any atom is 0.0453 e. The Bertz CT molecular complexity index is 546. The van der Waals surface area contributed by atoms with Gasteiger partial charge in [0.15, 0.2) is 0 Å². The van der Waals surface area contributed by atoms with Gasteiger partial charge in [-0.2, -0.15) is 0 Å². The lowest BCUT2D eigenvalue weighted by Gasteiger charge is -2.28. The maximum absolute atomic E-state index is 3.83. The number of rotatable bonds is 6. The van der Waals surface area contributed by atoms with Gasteiger partial charge in [-0.3, -0.25) is 0 Å². The summed E-state index contributed by atoms with van der Waals surface area (Å²) in [6.07, 6.45) is 2.69. The van der Waals surface area contributed by atoms with E-state index in [1.54, 1.807) is 0 Å². The highest BCUT2D eigenvalue weighted by Crippen LogP contribution is 2.22. The smallest absolute Gasteiger partial charge is 0.0453 e. The number of benzene rings is 2. The second-order valence-electron chi connectivity index (χ2n) is 6.27. The van der Waals surface area contributed by atoms with Crippen LogP contribution < -0.4 is 5.32 Å². The fraction of sp³-hybridized carbons (Fsp3) is 0.400. The van der Waals surface area contributed by atoms with E-state index in [-0.39, 0.29) is 0 Å². The van der Waals surface area contributed by atoms with Crippen LogP contribution in [0.5, 0.6) is 0 Å². The summed E-state index contributed by atoms with van der Waals surface area (Å²) in [5.74, 6) is 0. The van der Waals surface area contributed by atoms with Crippen LogP contribution in [0.25, 0.3) is 0 Å². The van der Waals surface area contributed by atoms with E-state index in [0.717, 1.165) is 6.54 Å². The van der Waals surface area contributed by atoms with E-state index < -0.39 is 0 Å². The standard InChI is InChI=1S/C20H26N2/c1-17(18-10-4-2-5-11-18)21-20(16-22-14-8-9-15-22)19-12-6-3-7-13-19/h2-7,10-13,17,20-21H,8-9,14-16H2,1H3/t17-,20-/m1/s1. The molecule has 2 atom stereocenters. The van der Waals surface area contributed by atoms with Gasteiger partial charge in [-0.15, -0.1) is 0 Å². The molecule has 116 valence electrons. The molecular weight excluding hydrogens is 268 g/mol. The van der Waals surface area contributed by atoms with Gasteiger partial charge in [-0.05, 0) is 44.0 Å². The lowest BCUT2D eigenvalue weighted by Crippen LogP contribution is -2.35. The largest absolute Gasteiger partial charge is 0.302 e. The molecule has 0 amide bonds. The minimum Gasteiger partial charge on any atom is -0.302 e. The van der Waals surface area contributed by atoms with Crippen LogP contribution in [0.3, 0.4) is 0 Å². The van der Waals surface area contributed by atoms with Gasteiger partial charge in [0, 0.05) is 18.6 Å². The number of hydrogen-bond acceptors (Lipinski definition) is 2. The molecule has 1 aliphatic heterocycles. The minimum atomic E-state index is 0.356. The van der Waals surface area contributed by atoms with Crippen LogP contribution in [0, 0.1) is 0 Å². The van der Waals surface area contributed by atoms with Gasteiger partial charge in [-0.25, -0.2) is 0 Å². The number of nitrogens with zero attached hydrogens (tertiary/aromatic N) is 1. The third-order valence-corrected chi connectivity index (χ3v) is 4.59. The van der Waals surface area contributed by atoms with Crippen molar-refractivity contribution in [1.29, 1.82) is 0 Å². The second-order valence-corrected chi connectivity index (χ2v) is 6.27. The first-order chi connectivity index (χ1) is 10.8. The Labute approximate surface area is 134 Å². The molecule has 0 unspecified atom stereocenters. The normalized spacial score (nSPS) is 18.2. The zero-order valence-electron chi connectivity index (χ0n) is 13.4. The van der Waals surface area contributed by atoms with E-state index in [2.05, 4.69) is 77.8 Å². The maximum atomic E-state index is 3.83. The molecule has 1 heterocycles. The lowest BCUT2D eigenvalue weighted by atomic mass is 10.0. The predicted octanol–water partition coefficient (Wildman–Crippen LogP) is 4.17. The molecule has 22 heavy (non-hydrogen) atoms. The molecule has 0 spiro atoms. The van der Waals surface area contributed by atoms with Crippen molar-refractivity contribution in [2.24, 2.45) is 0 Å². The molecule has 1 aliphatic rings. The first kappa shape index (κ1) is 15.3. The van der Waals surface area contributed by atoms with Crippen LogP contribution in [0.1, 0.15) is 43.0 Å². The van der Waals surface area contributed by atoms with Gasteiger partial charge in [0.2, 0.25) is 0 Å². The van der Waals surface area contributed by atoms with E-state index in [9.17, 15) is 0 Å². The van der Waals surface area contributed by atoms with Crippen LogP contribution in [0.4, 0.5) is 0 Å². The van der Waals surface area contributed by atoms with Crippen molar-refractivity contribution >= 4 is 0 Å². The van der Waals surface area contributed by atoms with Crippen molar-refractivity contribution in [1.82, 2.24) is 10.2 Å². The molecule has 0 bridgehead atoms.